The van der Waals surface area contributed by atoms with E-state index in [1.807, 2.05) is 69.3 Å². The highest BCUT2D eigenvalue weighted by Crippen LogP contribution is 2.30. The first-order valence-electron chi connectivity index (χ1n) is 9.85. The molecule has 3 heteroatoms. The van der Waals surface area contributed by atoms with Gasteiger partial charge in [-0.05, 0) is 75.4 Å². The molecule has 0 atom stereocenters. The summed E-state index contributed by atoms with van der Waals surface area (Å²) in [6.07, 6.45) is 2.48. The lowest BCUT2D eigenvalue weighted by atomic mass is 9.85. The summed E-state index contributed by atoms with van der Waals surface area (Å²) in [5, 5.41) is 0. The lowest BCUT2D eigenvalue weighted by molar-refractivity contribution is -0.145. The van der Waals surface area contributed by atoms with Gasteiger partial charge in [-0.15, -0.1) is 0 Å². The van der Waals surface area contributed by atoms with Crippen molar-refractivity contribution < 1.29 is 14.3 Å². The molecule has 0 aromatic heterocycles. The minimum absolute atomic E-state index is 0.166. The molecule has 0 saturated heterocycles. The van der Waals surface area contributed by atoms with Gasteiger partial charge in [-0.25, -0.2) is 0 Å². The molecule has 146 valence electrons. The molecular formula is C24H32O3. The van der Waals surface area contributed by atoms with Crippen LogP contribution in [-0.4, -0.2) is 11.6 Å². The largest absolute Gasteiger partial charge is 0.488 e. The summed E-state index contributed by atoms with van der Waals surface area (Å²) in [6.45, 7) is 12.3. The average molecular weight is 369 g/mol. The van der Waals surface area contributed by atoms with Gasteiger partial charge in [0.25, 0.3) is 0 Å². The number of benzene rings is 2. The monoisotopic (exact) mass is 368 g/mol. The molecule has 0 amide bonds. The Morgan fingerprint density at radius 3 is 1.59 bits per heavy atom. The predicted octanol–water partition coefficient (Wildman–Crippen LogP) is 6.65. The second-order valence-corrected chi connectivity index (χ2v) is 7.92. The summed E-state index contributed by atoms with van der Waals surface area (Å²) in [4.78, 5) is 12.4. The van der Waals surface area contributed by atoms with Crippen molar-refractivity contribution in [3.8, 4) is 22.6 Å². The van der Waals surface area contributed by atoms with Gasteiger partial charge in [-0.3, -0.25) is 4.79 Å². The molecule has 3 nitrogen and oxygen atoms in total. The first-order chi connectivity index (χ1) is 12.7. The minimum atomic E-state index is -0.430. The fraction of sp³-hybridized carbons (Fsp3) is 0.458. The first-order valence-corrected chi connectivity index (χ1v) is 9.85. The molecule has 0 aliphatic heterocycles. The number of rotatable bonds is 8. The Morgan fingerprint density at radius 1 is 0.741 bits per heavy atom. The molecule has 2 aromatic carbocycles. The van der Waals surface area contributed by atoms with E-state index in [-0.39, 0.29) is 11.6 Å². The SMILES string of the molecule is CCC(C)(C)Oc1ccc(-c2ccc(OC(=O)C(C)(CC)CC)cc2)cc1. The van der Waals surface area contributed by atoms with E-state index < -0.39 is 5.41 Å². The van der Waals surface area contributed by atoms with Crippen LogP contribution in [0.4, 0.5) is 0 Å². The molecule has 0 unspecified atom stereocenters. The zero-order valence-electron chi connectivity index (χ0n) is 17.5. The Balaban J connectivity index is 2.08. The third kappa shape index (κ3) is 5.35. The Labute approximate surface area is 163 Å². The van der Waals surface area contributed by atoms with Gasteiger partial charge >= 0.3 is 5.97 Å². The molecule has 0 aliphatic carbocycles. The molecule has 0 spiro atoms. The Hall–Kier alpha value is -2.29. The van der Waals surface area contributed by atoms with E-state index in [9.17, 15) is 4.79 Å². The van der Waals surface area contributed by atoms with Crippen molar-refractivity contribution >= 4 is 5.97 Å². The second kappa shape index (κ2) is 8.60. The average Bonchev–Trinajstić information content (AvgIpc) is 2.68. The van der Waals surface area contributed by atoms with Gasteiger partial charge in [-0.1, -0.05) is 45.0 Å². The Kier molecular flexibility index (Phi) is 6.69. The van der Waals surface area contributed by atoms with E-state index in [1.165, 1.54) is 0 Å². The predicted molar refractivity (Wildman–Crippen MR) is 111 cm³/mol. The number of esters is 1. The smallest absolute Gasteiger partial charge is 0.317 e. The summed E-state index contributed by atoms with van der Waals surface area (Å²) in [5.74, 6) is 1.29. The number of carbonyl (C=O) groups excluding carboxylic acids is 1. The van der Waals surface area contributed by atoms with Crippen LogP contribution in [0.25, 0.3) is 11.1 Å². The van der Waals surface area contributed by atoms with E-state index in [0.29, 0.717) is 5.75 Å². The van der Waals surface area contributed by atoms with E-state index >= 15 is 0 Å². The number of hydrogen-bond acceptors (Lipinski definition) is 3. The number of carbonyl (C=O) groups is 1. The lowest BCUT2D eigenvalue weighted by Gasteiger charge is -2.25. The molecular weight excluding hydrogens is 336 g/mol. The van der Waals surface area contributed by atoms with Crippen LogP contribution in [0.15, 0.2) is 48.5 Å². The summed E-state index contributed by atoms with van der Waals surface area (Å²) in [5.41, 5.74) is 1.57. The highest BCUT2D eigenvalue weighted by molar-refractivity contribution is 5.79. The highest BCUT2D eigenvalue weighted by Gasteiger charge is 2.31. The van der Waals surface area contributed by atoms with Crippen molar-refractivity contribution in [3.63, 3.8) is 0 Å². The number of hydrogen-bond donors (Lipinski definition) is 0. The van der Waals surface area contributed by atoms with E-state index in [0.717, 1.165) is 36.1 Å². The van der Waals surface area contributed by atoms with E-state index in [1.54, 1.807) is 0 Å². The van der Waals surface area contributed by atoms with E-state index in [4.69, 9.17) is 9.47 Å². The summed E-state index contributed by atoms with van der Waals surface area (Å²) < 4.78 is 11.6. The molecule has 0 N–H and O–H groups in total. The lowest BCUT2D eigenvalue weighted by Crippen LogP contribution is -2.30. The first kappa shape index (κ1) is 21.0. The van der Waals surface area contributed by atoms with Gasteiger partial charge in [0.1, 0.15) is 17.1 Å². The van der Waals surface area contributed by atoms with Crippen molar-refractivity contribution in [1.82, 2.24) is 0 Å². The molecule has 0 fully saturated rings. The minimum Gasteiger partial charge on any atom is -0.488 e. The third-order valence-corrected chi connectivity index (χ3v) is 5.55. The number of ether oxygens (including phenoxy) is 2. The van der Waals surface area contributed by atoms with Crippen molar-refractivity contribution in [2.75, 3.05) is 0 Å². The summed E-state index contributed by atoms with van der Waals surface area (Å²) in [7, 11) is 0. The maximum atomic E-state index is 12.4. The topological polar surface area (TPSA) is 35.5 Å². The van der Waals surface area contributed by atoms with Crippen molar-refractivity contribution in [2.24, 2.45) is 5.41 Å². The normalized spacial score (nSPS) is 11.9. The van der Waals surface area contributed by atoms with Gasteiger partial charge in [0.05, 0.1) is 5.41 Å². The summed E-state index contributed by atoms with van der Waals surface area (Å²) >= 11 is 0. The van der Waals surface area contributed by atoms with Crippen LogP contribution in [0.2, 0.25) is 0 Å². The molecule has 0 bridgehead atoms. The van der Waals surface area contributed by atoms with Crippen molar-refractivity contribution in [3.05, 3.63) is 48.5 Å². The van der Waals surface area contributed by atoms with Gasteiger partial charge in [0.15, 0.2) is 0 Å². The van der Waals surface area contributed by atoms with Crippen LogP contribution < -0.4 is 9.47 Å². The van der Waals surface area contributed by atoms with Crippen LogP contribution >= 0.6 is 0 Å². The van der Waals surface area contributed by atoms with Crippen LogP contribution in [0.1, 0.15) is 60.8 Å². The maximum Gasteiger partial charge on any atom is 0.317 e. The van der Waals surface area contributed by atoms with Gasteiger partial charge in [-0.2, -0.15) is 0 Å². The second-order valence-electron chi connectivity index (χ2n) is 7.92. The van der Waals surface area contributed by atoms with Gasteiger partial charge in [0, 0.05) is 0 Å². The Morgan fingerprint density at radius 2 is 1.19 bits per heavy atom. The molecule has 2 rings (SSSR count). The van der Waals surface area contributed by atoms with Crippen molar-refractivity contribution in [2.45, 2.75) is 66.4 Å². The fourth-order valence-electron chi connectivity index (χ4n) is 2.59. The molecule has 0 radical (unpaired) electrons. The quantitative estimate of drug-likeness (QED) is 0.386. The zero-order chi connectivity index (χ0) is 20.1. The van der Waals surface area contributed by atoms with Crippen LogP contribution in [0.5, 0.6) is 11.5 Å². The maximum absolute atomic E-state index is 12.4. The van der Waals surface area contributed by atoms with Crippen molar-refractivity contribution in [1.29, 1.82) is 0 Å². The summed E-state index contributed by atoms with van der Waals surface area (Å²) in [6, 6.07) is 15.7. The highest BCUT2D eigenvalue weighted by atomic mass is 16.5. The molecule has 27 heavy (non-hydrogen) atoms. The van der Waals surface area contributed by atoms with E-state index in [2.05, 4.69) is 20.8 Å². The third-order valence-electron chi connectivity index (χ3n) is 5.55. The Bertz CT molecular complexity index is 738. The van der Waals surface area contributed by atoms with Gasteiger partial charge < -0.3 is 9.47 Å². The van der Waals surface area contributed by atoms with Crippen LogP contribution in [0, 0.1) is 5.41 Å². The molecule has 2 aromatic rings. The standard InChI is InChI=1S/C24H32O3/c1-7-23(4,5)27-21-16-12-19(13-17-21)18-10-14-20(15-11-18)26-22(25)24(6,8-2)9-3/h10-17H,7-9H2,1-6H3. The molecule has 0 saturated carbocycles. The fourth-order valence-corrected chi connectivity index (χ4v) is 2.59. The zero-order valence-corrected chi connectivity index (χ0v) is 17.5. The van der Waals surface area contributed by atoms with Crippen LogP contribution in [0.3, 0.4) is 0 Å². The molecule has 0 heterocycles. The molecule has 0 aliphatic rings. The van der Waals surface area contributed by atoms with Gasteiger partial charge in [0.2, 0.25) is 0 Å². The van der Waals surface area contributed by atoms with Crippen LogP contribution in [-0.2, 0) is 4.79 Å².